The quantitative estimate of drug-likeness (QED) is 0.895. The molecule has 1 aromatic carbocycles. The summed E-state index contributed by atoms with van der Waals surface area (Å²) in [6.45, 7) is 4.04. The molecule has 0 unspecified atom stereocenters. The van der Waals surface area contributed by atoms with Gasteiger partial charge in [-0.2, -0.15) is 0 Å². The normalized spacial score (nSPS) is 11.4. The maximum absolute atomic E-state index is 14.1. The molecule has 0 saturated heterocycles. The highest BCUT2D eigenvalue weighted by atomic mass is 32.2. The van der Waals surface area contributed by atoms with Crippen molar-refractivity contribution in [2.45, 2.75) is 25.2 Å². The van der Waals surface area contributed by atoms with Crippen molar-refractivity contribution in [2.24, 2.45) is 5.14 Å². The summed E-state index contributed by atoms with van der Waals surface area (Å²) in [4.78, 5) is 12.4. The fourth-order valence-corrected chi connectivity index (χ4v) is 2.39. The van der Waals surface area contributed by atoms with E-state index in [1.165, 1.54) is 4.90 Å². The second kappa shape index (κ2) is 6.27. The third-order valence-electron chi connectivity index (χ3n) is 2.74. The second-order valence-electron chi connectivity index (χ2n) is 4.16. The molecule has 0 saturated carbocycles. The number of nitrogens with zero attached hydrogens (tertiary/aromatic N) is 1. The van der Waals surface area contributed by atoms with E-state index in [1.807, 2.05) is 6.92 Å². The van der Waals surface area contributed by atoms with Crippen molar-refractivity contribution in [1.82, 2.24) is 4.90 Å². The number of hydrogen-bond donors (Lipinski definition) is 1. The van der Waals surface area contributed by atoms with Gasteiger partial charge in [0, 0.05) is 13.1 Å². The van der Waals surface area contributed by atoms with Gasteiger partial charge in [-0.05, 0) is 25.5 Å². The van der Waals surface area contributed by atoms with E-state index in [2.05, 4.69) is 0 Å². The second-order valence-corrected chi connectivity index (χ2v) is 5.69. The Morgan fingerprint density at radius 1 is 1.30 bits per heavy atom. The molecular formula is C12H16F2N2O3S. The van der Waals surface area contributed by atoms with Crippen LogP contribution in [-0.4, -0.2) is 32.3 Å². The van der Waals surface area contributed by atoms with Crippen molar-refractivity contribution in [3.63, 3.8) is 0 Å². The number of carbonyl (C=O) groups is 1. The van der Waals surface area contributed by atoms with E-state index in [0.29, 0.717) is 19.0 Å². The number of rotatable bonds is 5. The van der Waals surface area contributed by atoms with Crippen molar-refractivity contribution in [2.75, 3.05) is 13.1 Å². The Kier molecular flexibility index (Phi) is 5.18. The summed E-state index contributed by atoms with van der Waals surface area (Å²) in [6, 6.07) is 1.42. The number of halogens is 2. The molecule has 20 heavy (non-hydrogen) atoms. The van der Waals surface area contributed by atoms with Crippen molar-refractivity contribution in [3.8, 4) is 0 Å². The van der Waals surface area contributed by atoms with Gasteiger partial charge >= 0.3 is 0 Å². The van der Waals surface area contributed by atoms with Gasteiger partial charge < -0.3 is 4.90 Å². The summed E-state index contributed by atoms with van der Waals surface area (Å²) >= 11 is 0. The minimum Gasteiger partial charge on any atom is -0.339 e. The van der Waals surface area contributed by atoms with Gasteiger partial charge in [-0.1, -0.05) is 6.92 Å². The largest absolute Gasteiger partial charge is 0.339 e. The van der Waals surface area contributed by atoms with E-state index in [-0.39, 0.29) is 6.54 Å². The Morgan fingerprint density at radius 2 is 1.90 bits per heavy atom. The van der Waals surface area contributed by atoms with Crippen LogP contribution in [0.1, 0.15) is 30.6 Å². The van der Waals surface area contributed by atoms with Crippen LogP contribution in [0.25, 0.3) is 0 Å². The highest BCUT2D eigenvalue weighted by Crippen LogP contribution is 2.21. The van der Waals surface area contributed by atoms with Crippen LogP contribution in [0.15, 0.2) is 17.0 Å². The maximum Gasteiger partial charge on any atom is 0.259 e. The van der Waals surface area contributed by atoms with E-state index in [4.69, 9.17) is 5.14 Å². The molecule has 8 heteroatoms. The molecule has 0 spiro atoms. The van der Waals surface area contributed by atoms with Crippen LogP contribution in [0.2, 0.25) is 0 Å². The predicted octanol–water partition coefficient (Wildman–Crippen LogP) is 1.48. The molecule has 0 aliphatic rings. The van der Waals surface area contributed by atoms with Crippen LogP contribution in [0.3, 0.4) is 0 Å². The summed E-state index contributed by atoms with van der Waals surface area (Å²) in [5, 5.41) is 4.83. The molecule has 0 fully saturated rings. The molecule has 1 aromatic rings. The lowest BCUT2D eigenvalue weighted by atomic mass is 10.1. The molecule has 0 aliphatic heterocycles. The summed E-state index contributed by atoms with van der Waals surface area (Å²) in [7, 11) is -4.36. The maximum atomic E-state index is 14.1. The molecule has 0 bridgehead atoms. The topological polar surface area (TPSA) is 80.5 Å². The smallest absolute Gasteiger partial charge is 0.259 e. The molecule has 5 nitrogen and oxygen atoms in total. The Hall–Kier alpha value is -1.54. The molecule has 1 amide bonds. The predicted molar refractivity (Wildman–Crippen MR) is 69.6 cm³/mol. The first-order chi connectivity index (χ1) is 9.23. The average Bonchev–Trinajstić information content (AvgIpc) is 2.34. The van der Waals surface area contributed by atoms with Gasteiger partial charge in [-0.15, -0.1) is 0 Å². The van der Waals surface area contributed by atoms with Gasteiger partial charge in [0.05, 0.1) is 0 Å². The molecule has 0 aliphatic carbocycles. The summed E-state index contributed by atoms with van der Waals surface area (Å²) in [5.74, 6) is -3.46. The van der Waals surface area contributed by atoms with Crippen LogP contribution >= 0.6 is 0 Å². The lowest BCUT2D eigenvalue weighted by molar-refractivity contribution is 0.0754. The lowest BCUT2D eigenvalue weighted by Gasteiger charge is -2.21. The van der Waals surface area contributed by atoms with Crippen LogP contribution in [0, 0.1) is 11.6 Å². The van der Waals surface area contributed by atoms with E-state index in [1.54, 1.807) is 6.92 Å². The van der Waals surface area contributed by atoms with Crippen LogP contribution in [0.4, 0.5) is 8.78 Å². The van der Waals surface area contributed by atoms with Crippen LogP contribution in [0.5, 0.6) is 0 Å². The highest BCUT2D eigenvalue weighted by Gasteiger charge is 2.27. The van der Waals surface area contributed by atoms with E-state index < -0.39 is 38.0 Å². The van der Waals surface area contributed by atoms with Gasteiger partial charge in [-0.3, -0.25) is 4.79 Å². The molecule has 0 aromatic heterocycles. The Morgan fingerprint density at radius 3 is 2.35 bits per heavy atom. The third-order valence-corrected chi connectivity index (χ3v) is 3.67. The van der Waals surface area contributed by atoms with Gasteiger partial charge in [0.1, 0.15) is 16.3 Å². The first kappa shape index (κ1) is 16.5. The molecule has 0 atom stereocenters. The van der Waals surface area contributed by atoms with Crippen molar-refractivity contribution in [3.05, 3.63) is 29.3 Å². The van der Waals surface area contributed by atoms with E-state index in [9.17, 15) is 22.0 Å². The summed E-state index contributed by atoms with van der Waals surface area (Å²) < 4.78 is 50.1. The molecule has 0 heterocycles. The number of benzene rings is 1. The standard InChI is InChI=1S/C12H16F2N2O3S/c1-3-7-16(4-2)12(17)10-8(13)5-6-9(11(10)14)20(15,18)19/h5-6H,3-4,7H2,1-2H3,(H2,15,18,19). The molecular weight excluding hydrogens is 290 g/mol. The number of primary sulfonamides is 1. The zero-order valence-electron chi connectivity index (χ0n) is 11.2. The highest BCUT2D eigenvalue weighted by molar-refractivity contribution is 7.89. The van der Waals surface area contributed by atoms with Crippen molar-refractivity contribution >= 4 is 15.9 Å². The zero-order valence-corrected chi connectivity index (χ0v) is 12.0. The fraction of sp³-hybridized carbons (Fsp3) is 0.417. The average molecular weight is 306 g/mol. The molecule has 1 rings (SSSR count). The van der Waals surface area contributed by atoms with Gasteiger partial charge in [0.25, 0.3) is 5.91 Å². The number of amides is 1. The number of nitrogens with two attached hydrogens (primary N) is 1. The van der Waals surface area contributed by atoms with Crippen LogP contribution in [-0.2, 0) is 10.0 Å². The SMILES string of the molecule is CCCN(CC)C(=O)c1c(F)ccc(S(N)(=O)=O)c1F. The minimum atomic E-state index is -4.36. The van der Waals surface area contributed by atoms with Crippen LogP contribution < -0.4 is 5.14 Å². The molecule has 112 valence electrons. The lowest BCUT2D eigenvalue weighted by Crippen LogP contribution is -2.33. The first-order valence-electron chi connectivity index (χ1n) is 6.04. The Labute approximate surface area is 116 Å². The number of hydrogen-bond acceptors (Lipinski definition) is 3. The van der Waals surface area contributed by atoms with Crippen molar-refractivity contribution in [1.29, 1.82) is 0 Å². The zero-order chi connectivity index (χ0) is 15.5. The number of sulfonamides is 1. The van der Waals surface area contributed by atoms with E-state index >= 15 is 0 Å². The Balaban J connectivity index is 3.41. The monoisotopic (exact) mass is 306 g/mol. The van der Waals surface area contributed by atoms with Gasteiger partial charge in [0.2, 0.25) is 10.0 Å². The van der Waals surface area contributed by atoms with Crippen molar-refractivity contribution < 1.29 is 22.0 Å². The minimum absolute atomic E-state index is 0.255. The van der Waals surface area contributed by atoms with E-state index in [0.717, 1.165) is 6.07 Å². The fourth-order valence-electron chi connectivity index (χ4n) is 1.78. The third kappa shape index (κ3) is 3.31. The molecule has 0 radical (unpaired) electrons. The first-order valence-corrected chi connectivity index (χ1v) is 7.58. The molecule has 2 N–H and O–H groups in total. The number of carbonyl (C=O) groups excluding carboxylic acids is 1. The van der Waals surface area contributed by atoms with Gasteiger partial charge in [0.15, 0.2) is 5.82 Å². The Bertz CT molecular complexity index is 617. The van der Waals surface area contributed by atoms with Gasteiger partial charge in [-0.25, -0.2) is 22.3 Å². The summed E-state index contributed by atoms with van der Waals surface area (Å²) in [6.07, 6.45) is 0.609. The summed E-state index contributed by atoms with van der Waals surface area (Å²) in [5.41, 5.74) is -0.896.